The van der Waals surface area contributed by atoms with E-state index in [0.717, 1.165) is 20.8 Å². The van der Waals surface area contributed by atoms with Crippen molar-refractivity contribution in [2.45, 2.75) is 25.3 Å². The lowest BCUT2D eigenvalue weighted by Crippen LogP contribution is -2.35. The van der Waals surface area contributed by atoms with Gasteiger partial charge in [-0.25, -0.2) is 13.2 Å². The molecule has 2 N–H and O–H groups in total. The number of nitrogens with zero attached hydrogens (tertiary/aromatic N) is 1. The van der Waals surface area contributed by atoms with Crippen molar-refractivity contribution in [3.05, 3.63) is 75.1 Å². The number of pyridine rings is 1. The number of benzene rings is 2. The normalized spacial score (nSPS) is 11.8. The summed E-state index contributed by atoms with van der Waals surface area (Å²) < 4.78 is 32.0. The summed E-state index contributed by atoms with van der Waals surface area (Å²) in [5.74, 6) is -0.579. The van der Waals surface area contributed by atoms with Gasteiger partial charge in [-0.2, -0.15) is 4.31 Å². The Bertz CT molecular complexity index is 1280. The Morgan fingerprint density at radius 2 is 1.74 bits per heavy atom. The van der Waals surface area contributed by atoms with Crippen LogP contribution in [0.5, 0.6) is 0 Å². The van der Waals surface area contributed by atoms with Crippen molar-refractivity contribution < 1.29 is 23.1 Å². The van der Waals surface area contributed by atoms with Gasteiger partial charge in [0.05, 0.1) is 29.7 Å². The molecule has 3 rings (SSSR count). The minimum absolute atomic E-state index is 0.0576. The number of aromatic amines is 1. The van der Waals surface area contributed by atoms with Gasteiger partial charge in [-0.05, 0) is 55.3 Å². The summed E-state index contributed by atoms with van der Waals surface area (Å²) in [6, 6.07) is 10.8. The molecule has 3 aromatic rings. The Morgan fingerprint density at radius 3 is 2.35 bits per heavy atom. The average molecular weight is 445 g/mol. The zero-order chi connectivity index (χ0) is 22.8. The van der Waals surface area contributed by atoms with E-state index in [9.17, 15) is 23.1 Å². The number of hydrogen-bond acceptors (Lipinski definition) is 6. The molecule has 164 valence electrons. The number of carbonyl (C=O) groups excluding carboxylic acids is 1. The van der Waals surface area contributed by atoms with Crippen LogP contribution in [0, 0.1) is 13.8 Å². The molecule has 8 nitrogen and oxygen atoms in total. The zero-order valence-corrected chi connectivity index (χ0v) is 18.3. The molecule has 1 aromatic heterocycles. The molecule has 0 saturated heterocycles. The van der Waals surface area contributed by atoms with Crippen molar-refractivity contribution in [1.82, 2.24) is 9.29 Å². The van der Waals surface area contributed by atoms with E-state index in [1.165, 1.54) is 31.4 Å². The Balaban J connectivity index is 2.01. The van der Waals surface area contributed by atoms with E-state index in [0.29, 0.717) is 5.52 Å². The van der Waals surface area contributed by atoms with Crippen molar-refractivity contribution in [2.24, 2.45) is 0 Å². The van der Waals surface area contributed by atoms with E-state index in [1.807, 2.05) is 26.0 Å². The third-order valence-corrected chi connectivity index (χ3v) is 6.99. The quantitative estimate of drug-likeness (QED) is 0.539. The number of hydrogen-bond donors (Lipinski definition) is 2. The van der Waals surface area contributed by atoms with Crippen LogP contribution in [-0.2, 0) is 21.3 Å². The molecule has 0 atom stereocenters. The number of methoxy groups -OCH3 is 1. The minimum Gasteiger partial charge on any atom is -0.465 e. The third kappa shape index (κ3) is 4.53. The molecule has 0 amide bonds. The van der Waals surface area contributed by atoms with Gasteiger partial charge in [0.2, 0.25) is 10.0 Å². The van der Waals surface area contributed by atoms with Crippen LogP contribution in [0.4, 0.5) is 0 Å². The predicted molar refractivity (Wildman–Crippen MR) is 117 cm³/mol. The van der Waals surface area contributed by atoms with Crippen molar-refractivity contribution in [1.29, 1.82) is 0 Å². The summed E-state index contributed by atoms with van der Waals surface area (Å²) in [5.41, 5.74) is 2.67. The molecular weight excluding hydrogens is 420 g/mol. The van der Waals surface area contributed by atoms with Gasteiger partial charge in [-0.3, -0.25) is 4.79 Å². The number of carbonyl (C=O) groups is 1. The summed E-state index contributed by atoms with van der Waals surface area (Å²) in [6.45, 7) is 2.99. The van der Waals surface area contributed by atoms with Gasteiger partial charge in [-0.1, -0.05) is 12.1 Å². The Labute approximate surface area is 180 Å². The highest BCUT2D eigenvalue weighted by atomic mass is 32.2. The first-order valence-electron chi connectivity index (χ1n) is 9.60. The van der Waals surface area contributed by atoms with Crippen molar-refractivity contribution >= 4 is 26.9 Å². The highest BCUT2D eigenvalue weighted by Crippen LogP contribution is 2.22. The van der Waals surface area contributed by atoms with E-state index in [2.05, 4.69) is 9.72 Å². The Hall–Kier alpha value is -3.01. The summed E-state index contributed by atoms with van der Waals surface area (Å²) in [4.78, 5) is 27.0. The first kappa shape index (κ1) is 22.7. The number of H-pyrrole nitrogens is 1. The van der Waals surface area contributed by atoms with Crippen molar-refractivity contribution in [3.63, 3.8) is 0 Å². The fourth-order valence-corrected chi connectivity index (χ4v) is 4.76. The second kappa shape index (κ2) is 9.01. The van der Waals surface area contributed by atoms with E-state index in [-0.39, 0.29) is 34.7 Å². The molecule has 9 heteroatoms. The number of rotatable bonds is 7. The molecule has 31 heavy (non-hydrogen) atoms. The smallest absolute Gasteiger partial charge is 0.337 e. The highest BCUT2D eigenvalue weighted by Gasteiger charge is 2.26. The lowest BCUT2D eigenvalue weighted by atomic mass is 10.0. The second-order valence-electron chi connectivity index (χ2n) is 7.19. The number of aryl methyl sites for hydroxylation is 2. The number of aromatic nitrogens is 1. The summed E-state index contributed by atoms with van der Waals surface area (Å²) >= 11 is 0. The maximum atomic E-state index is 13.2. The molecule has 0 radical (unpaired) electrons. The number of nitrogens with one attached hydrogen (secondary N) is 1. The number of aliphatic hydroxyl groups is 1. The molecule has 0 fully saturated rings. The molecule has 0 spiro atoms. The SMILES string of the molecule is COC(=O)c1ccc(S(=O)(=O)N(CCO)Cc2cc3c(C)ccc(C)c3[nH]c2=O)cc1. The lowest BCUT2D eigenvalue weighted by molar-refractivity contribution is 0.0600. The maximum Gasteiger partial charge on any atom is 0.337 e. The van der Waals surface area contributed by atoms with Gasteiger partial charge in [0, 0.05) is 24.0 Å². The molecule has 0 aliphatic rings. The molecule has 0 unspecified atom stereocenters. The third-order valence-electron chi connectivity index (χ3n) is 5.13. The van der Waals surface area contributed by atoms with Crippen LogP contribution in [0.2, 0.25) is 0 Å². The van der Waals surface area contributed by atoms with Gasteiger partial charge >= 0.3 is 5.97 Å². The number of ether oxygens (including phenoxy) is 1. The van der Waals surface area contributed by atoms with Gasteiger partial charge in [-0.15, -0.1) is 0 Å². The maximum absolute atomic E-state index is 13.2. The molecule has 1 heterocycles. The standard InChI is InChI=1S/C22H24N2O6S/c1-14-4-5-15(2)20-19(14)12-17(21(26)23-20)13-24(10-11-25)31(28,29)18-8-6-16(7-9-18)22(27)30-3/h4-9,12,25H,10-11,13H2,1-3H3,(H,23,26). The summed E-state index contributed by atoms with van der Waals surface area (Å²) in [7, 11) is -2.79. The molecule has 0 saturated carbocycles. The monoisotopic (exact) mass is 444 g/mol. The lowest BCUT2D eigenvalue weighted by Gasteiger charge is -2.21. The Morgan fingerprint density at radius 1 is 1.10 bits per heavy atom. The first-order chi connectivity index (χ1) is 14.7. The highest BCUT2D eigenvalue weighted by molar-refractivity contribution is 7.89. The van der Waals surface area contributed by atoms with Crippen molar-refractivity contribution in [2.75, 3.05) is 20.3 Å². The van der Waals surface area contributed by atoms with Gasteiger partial charge in [0.1, 0.15) is 0 Å². The number of sulfonamides is 1. The van der Waals surface area contributed by atoms with Gasteiger partial charge in [0.25, 0.3) is 5.56 Å². The fourth-order valence-electron chi connectivity index (χ4n) is 3.35. The topological polar surface area (TPSA) is 117 Å². The van der Waals surface area contributed by atoms with Crippen LogP contribution in [0.1, 0.15) is 27.0 Å². The molecule has 2 aromatic carbocycles. The minimum atomic E-state index is -4.03. The predicted octanol–water partition coefficient (Wildman–Crippen LogP) is 2.11. The average Bonchev–Trinajstić information content (AvgIpc) is 2.76. The van der Waals surface area contributed by atoms with Crippen LogP contribution < -0.4 is 5.56 Å². The Kier molecular flexibility index (Phi) is 6.59. The van der Waals surface area contributed by atoms with E-state index < -0.39 is 22.6 Å². The molecule has 0 aliphatic heterocycles. The zero-order valence-electron chi connectivity index (χ0n) is 17.5. The number of aliphatic hydroxyl groups excluding tert-OH is 1. The first-order valence-corrected chi connectivity index (χ1v) is 11.0. The molecular formula is C22H24N2O6S. The van der Waals surface area contributed by atoms with Crippen LogP contribution in [0.25, 0.3) is 10.9 Å². The second-order valence-corrected chi connectivity index (χ2v) is 9.13. The van der Waals surface area contributed by atoms with E-state index in [4.69, 9.17) is 0 Å². The number of esters is 1. The fraction of sp³-hybridized carbons (Fsp3) is 0.273. The van der Waals surface area contributed by atoms with E-state index in [1.54, 1.807) is 6.07 Å². The van der Waals surface area contributed by atoms with Crippen LogP contribution in [0.15, 0.2) is 52.2 Å². The van der Waals surface area contributed by atoms with Crippen molar-refractivity contribution in [3.8, 4) is 0 Å². The van der Waals surface area contributed by atoms with Crippen LogP contribution >= 0.6 is 0 Å². The molecule has 0 aliphatic carbocycles. The summed E-state index contributed by atoms with van der Waals surface area (Å²) in [5, 5.41) is 10.3. The van der Waals surface area contributed by atoms with E-state index >= 15 is 0 Å². The van der Waals surface area contributed by atoms with Crippen LogP contribution in [0.3, 0.4) is 0 Å². The summed E-state index contributed by atoms with van der Waals surface area (Å²) in [6.07, 6.45) is 0. The molecule has 0 bridgehead atoms. The van der Waals surface area contributed by atoms with Crippen LogP contribution in [-0.4, -0.2) is 49.0 Å². The van der Waals surface area contributed by atoms with Gasteiger partial charge in [0.15, 0.2) is 0 Å². The van der Waals surface area contributed by atoms with Gasteiger partial charge < -0.3 is 14.8 Å². The largest absolute Gasteiger partial charge is 0.465 e. The number of fused-ring (bicyclic) bond motifs is 1.